The van der Waals surface area contributed by atoms with Gasteiger partial charge in [-0.2, -0.15) is 0 Å². The average molecular weight is 193 g/mol. The van der Waals surface area contributed by atoms with Crippen molar-refractivity contribution in [2.75, 3.05) is 6.54 Å². The first-order valence-corrected chi connectivity index (χ1v) is 4.31. The van der Waals surface area contributed by atoms with Crippen LogP contribution in [-0.2, 0) is 6.42 Å². The van der Waals surface area contributed by atoms with Gasteiger partial charge in [-0.15, -0.1) is 0 Å². The van der Waals surface area contributed by atoms with Gasteiger partial charge in [0.2, 0.25) is 6.54 Å². The van der Waals surface area contributed by atoms with Crippen molar-refractivity contribution in [2.24, 2.45) is 0 Å². The molecule has 0 unspecified atom stereocenters. The molecule has 0 amide bonds. The van der Waals surface area contributed by atoms with Gasteiger partial charge in [-0.05, 0) is 18.6 Å². The second-order valence-electron chi connectivity index (χ2n) is 3.06. The zero-order valence-corrected chi connectivity index (χ0v) is 7.90. The highest BCUT2D eigenvalue weighted by atomic mass is 16.6. The molecule has 14 heavy (non-hydrogen) atoms. The quantitative estimate of drug-likeness (QED) is 0.415. The third kappa shape index (κ3) is 2.97. The van der Waals surface area contributed by atoms with Gasteiger partial charge in [-0.3, -0.25) is 14.9 Å². The zero-order chi connectivity index (χ0) is 10.6. The number of rotatable bonds is 4. The molecule has 0 saturated heterocycles. The average Bonchev–Trinajstić information content (AvgIpc) is 2.15. The Morgan fingerprint density at radius 3 is 2.79 bits per heavy atom. The minimum absolute atomic E-state index is 0.0204. The molecular weight excluding hydrogens is 182 g/mol. The van der Waals surface area contributed by atoms with Gasteiger partial charge in [0, 0.05) is 16.9 Å². The van der Waals surface area contributed by atoms with Crippen molar-refractivity contribution < 1.29 is 9.72 Å². The Labute approximate surface area is 81.7 Å². The fourth-order valence-electron chi connectivity index (χ4n) is 1.17. The van der Waals surface area contributed by atoms with Crippen LogP contribution >= 0.6 is 0 Å². The summed E-state index contributed by atoms with van der Waals surface area (Å²) in [6, 6.07) is 6.94. The van der Waals surface area contributed by atoms with E-state index in [2.05, 4.69) is 0 Å². The van der Waals surface area contributed by atoms with Crippen molar-refractivity contribution in [3.63, 3.8) is 0 Å². The standard InChI is InChI=1S/C10H11NO3/c1-8(12)10-4-2-3-9(7-10)5-6-11(13)14/h2-4,7H,5-6H2,1H3. The summed E-state index contributed by atoms with van der Waals surface area (Å²) in [5.74, 6) is -0.0204. The highest BCUT2D eigenvalue weighted by Gasteiger charge is 2.03. The van der Waals surface area contributed by atoms with E-state index in [1.807, 2.05) is 0 Å². The van der Waals surface area contributed by atoms with E-state index >= 15 is 0 Å². The summed E-state index contributed by atoms with van der Waals surface area (Å²) >= 11 is 0. The van der Waals surface area contributed by atoms with Crippen LogP contribution in [0, 0.1) is 10.1 Å². The van der Waals surface area contributed by atoms with E-state index in [-0.39, 0.29) is 17.3 Å². The SMILES string of the molecule is CC(=O)c1cccc(CC[N+](=O)[O-])c1. The summed E-state index contributed by atoms with van der Waals surface area (Å²) in [6.07, 6.45) is 0.369. The molecule has 0 N–H and O–H groups in total. The molecule has 0 atom stereocenters. The lowest BCUT2D eigenvalue weighted by Gasteiger charge is -1.99. The third-order valence-corrected chi connectivity index (χ3v) is 1.92. The molecule has 0 radical (unpaired) electrons. The third-order valence-electron chi connectivity index (χ3n) is 1.92. The topological polar surface area (TPSA) is 60.2 Å². The van der Waals surface area contributed by atoms with E-state index in [1.54, 1.807) is 24.3 Å². The fourth-order valence-corrected chi connectivity index (χ4v) is 1.17. The molecule has 0 aromatic heterocycles. The number of nitrogens with zero attached hydrogens (tertiary/aromatic N) is 1. The minimum Gasteiger partial charge on any atom is -0.295 e. The van der Waals surface area contributed by atoms with Gasteiger partial charge in [0.05, 0.1) is 0 Å². The monoisotopic (exact) mass is 193 g/mol. The molecule has 0 saturated carbocycles. The molecule has 1 rings (SSSR count). The van der Waals surface area contributed by atoms with E-state index < -0.39 is 0 Å². The van der Waals surface area contributed by atoms with Crippen LogP contribution in [0.1, 0.15) is 22.8 Å². The van der Waals surface area contributed by atoms with Crippen molar-refractivity contribution in [3.05, 3.63) is 45.5 Å². The molecule has 0 fully saturated rings. The Hall–Kier alpha value is -1.71. The van der Waals surface area contributed by atoms with Gasteiger partial charge >= 0.3 is 0 Å². The van der Waals surface area contributed by atoms with Crippen LogP contribution in [0.3, 0.4) is 0 Å². The first-order chi connectivity index (χ1) is 6.59. The lowest BCUT2D eigenvalue weighted by atomic mass is 10.1. The number of nitro groups is 1. The van der Waals surface area contributed by atoms with E-state index in [0.29, 0.717) is 12.0 Å². The van der Waals surface area contributed by atoms with Crippen molar-refractivity contribution in [1.29, 1.82) is 0 Å². The van der Waals surface area contributed by atoms with Crippen LogP contribution in [0.5, 0.6) is 0 Å². The Kier molecular flexibility index (Phi) is 3.34. The summed E-state index contributed by atoms with van der Waals surface area (Å²) in [6.45, 7) is 1.38. The summed E-state index contributed by atoms with van der Waals surface area (Å²) in [5, 5.41) is 10.1. The predicted molar refractivity (Wildman–Crippen MR) is 52.0 cm³/mol. The highest BCUT2D eigenvalue weighted by molar-refractivity contribution is 5.94. The first-order valence-electron chi connectivity index (χ1n) is 4.31. The Balaban J connectivity index is 2.73. The van der Waals surface area contributed by atoms with E-state index in [4.69, 9.17) is 0 Å². The van der Waals surface area contributed by atoms with Gasteiger partial charge in [-0.25, -0.2) is 0 Å². The van der Waals surface area contributed by atoms with Crippen LogP contribution < -0.4 is 0 Å². The molecule has 0 spiro atoms. The predicted octanol–water partition coefficient (Wildman–Crippen LogP) is 1.71. The highest BCUT2D eigenvalue weighted by Crippen LogP contribution is 2.06. The second-order valence-corrected chi connectivity index (χ2v) is 3.06. The van der Waals surface area contributed by atoms with Gasteiger partial charge in [-0.1, -0.05) is 18.2 Å². The molecule has 0 aliphatic rings. The molecule has 1 aromatic carbocycles. The number of Topliss-reactive ketones (excluding diaryl/α,β-unsaturated/α-hetero) is 1. The van der Waals surface area contributed by atoms with Crippen molar-refractivity contribution in [3.8, 4) is 0 Å². The smallest absolute Gasteiger partial charge is 0.207 e. The van der Waals surface area contributed by atoms with E-state index in [1.165, 1.54) is 6.92 Å². The van der Waals surface area contributed by atoms with Crippen LogP contribution in [0.4, 0.5) is 0 Å². The number of hydrogen-bond acceptors (Lipinski definition) is 3. The molecule has 0 aliphatic heterocycles. The maximum absolute atomic E-state index is 11.0. The molecule has 1 aromatic rings. The van der Waals surface area contributed by atoms with E-state index in [9.17, 15) is 14.9 Å². The number of carbonyl (C=O) groups excluding carboxylic acids is 1. The van der Waals surface area contributed by atoms with Crippen LogP contribution in [0.2, 0.25) is 0 Å². The molecule has 0 aliphatic carbocycles. The first kappa shape index (κ1) is 10.4. The fraction of sp³-hybridized carbons (Fsp3) is 0.300. The van der Waals surface area contributed by atoms with E-state index in [0.717, 1.165) is 5.56 Å². The zero-order valence-electron chi connectivity index (χ0n) is 7.90. The molecule has 0 heterocycles. The lowest BCUT2D eigenvalue weighted by Crippen LogP contribution is -2.04. The molecule has 4 nitrogen and oxygen atoms in total. The molecular formula is C10H11NO3. The van der Waals surface area contributed by atoms with Crippen molar-refractivity contribution in [1.82, 2.24) is 0 Å². The van der Waals surface area contributed by atoms with Gasteiger partial charge in [0.15, 0.2) is 5.78 Å². The van der Waals surface area contributed by atoms with Crippen LogP contribution in [0.15, 0.2) is 24.3 Å². The normalized spacial score (nSPS) is 9.79. The summed E-state index contributed by atoms with van der Waals surface area (Å²) in [5.41, 5.74) is 1.43. The molecule has 74 valence electrons. The largest absolute Gasteiger partial charge is 0.295 e. The Morgan fingerprint density at radius 1 is 1.50 bits per heavy atom. The molecule has 4 heteroatoms. The second kappa shape index (κ2) is 4.50. The summed E-state index contributed by atoms with van der Waals surface area (Å²) in [4.78, 5) is 20.8. The van der Waals surface area contributed by atoms with Crippen molar-refractivity contribution in [2.45, 2.75) is 13.3 Å². The minimum atomic E-state index is -0.361. The number of hydrogen-bond donors (Lipinski definition) is 0. The maximum Gasteiger partial charge on any atom is 0.207 e. The maximum atomic E-state index is 11.0. The van der Waals surface area contributed by atoms with Crippen LogP contribution in [-0.4, -0.2) is 17.3 Å². The summed E-state index contributed by atoms with van der Waals surface area (Å²) < 4.78 is 0. The lowest BCUT2D eigenvalue weighted by molar-refractivity contribution is -0.479. The Morgan fingerprint density at radius 2 is 2.21 bits per heavy atom. The van der Waals surface area contributed by atoms with Crippen LogP contribution in [0.25, 0.3) is 0 Å². The van der Waals surface area contributed by atoms with Crippen molar-refractivity contribution >= 4 is 5.78 Å². The number of benzene rings is 1. The number of carbonyl (C=O) groups is 1. The Bertz CT molecular complexity index is 360. The molecule has 0 bridgehead atoms. The summed E-state index contributed by atoms with van der Waals surface area (Å²) in [7, 11) is 0. The van der Waals surface area contributed by atoms with Gasteiger partial charge < -0.3 is 0 Å². The number of ketones is 1. The van der Waals surface area contributed by atoms with Gasteiger partial charge in [0.25, 0.3) is 0 Å². The van der Waals surface area contributed by atoms with Gasteiger partial charge in [0.1, 0.15) is 0 Å².